The number of Topliss-reactive ketones (excluding diaryl/α,β-unsaturated/α-hetero) is 1. The molecule has 3 aromatic carbocycles. The number of thiazole rings is 1. The molecular formula is C27H25ClN2O4S. The second-order valence-electron chi connectivity index (χ2n) is 8.39. The predicted molar refractivity (Wildman–Crippen MR) is 141 cm³/mol. The van der Waals surface area contributed by atoms with Gasteiger partial charge in [0.1, 0.15) is 0 Å². The van der Waals surface area contributed by atoms with Crippen LogP contribution in [-0.2, 0) is 0 Å². The first-order chi connectivity index (χ1) is 16.9. The van der Waals surface area contributed by atoms with Gasteiger partial charge in [0.2, 0.25) is 0 Å². The summed E-state index contributed by atoms with van der Waals surface area (Å²) in [4.78, 5) is 25.9. The molecule has 1 aromatic heterocycles. The SMILES string of the molecule is O=C(O)O.O=C(c1ccc(-c2ccc(Nc3nc4ccc(Cl)cc4s3)cc2)cc1)C1CCCCC1. The van der Waals surface area contributed by atoms with Crippen LogP contribution in [-0.4, -0.2) is 27.1 Å². The largest absolute Gasteiger partial charge is 0.503 e. The molecule has 0 atom stereocenters. The van der Waals surface area contributed by atoms with Crippen molar-refractivity contribution in [1.82, 2.24) is 4.98 Å². The molecule has 8 heteroatoms. The van der Waals surface area contributed by atoms with Crippen LogP contribution in [0.5, 0.6) is 0 Å². The van der Waals surface area contributed by atoms with Crippen LogP contribution in [0.25, 0.3) is 21.3 Å². The van der Waals surface area contributed by atoms with E-state index in [1.165, 1.54) is 19.3 Å². The summed E-state index contributed by atoms with van der Waals surface area (Å²) in [5, 5.41) is 18.9. The molecule has 6 nitrogen and oxygen atoms in total. The van der Waals surface area contributed by atoms with Gasteiger partial charge in [-0.2, -0.15) is 0 Å². The Morgan fingerprint density at radius 3 is 2.11 bits per heavy atom. The molecule has 0 spiro atoms. The predicted octanol–water partition coefficient (Wildman–Crippen LogP) is 8.35. The Bertz CT molecular complexity index is 1310. The normalized spacial score (nSPS) is 13.6. The zero-order chi connectivity index (χ0) is 24.8. The first-order valence-electron chi connectivity index (χ1n) is 11.4. The van der Waals surface area contributed by atoms with E-state index in [0.717, 1.165) is 55.6 Å². The van der Waals surface area contributed by atoms with Gasteiger partial charge in [0.25, 0.3) is 0 Å². The second-order valence-corrected chi connectivity index (χ2v) is 9.86. The van der Waals surface area contributed by atoms with Crippen LogP contribution < -0.4 is 5.32 Å². The Morgan fingerprint density at radius 2 is 1.49 bits per heavy atom. The monoisotopic (exact) mass is 508 g/mol. The molecule has 1 aliphatic carbocycles. The standard InChI is InChI=1S/C26H23ClN2OS.CH2O3/c27-21-12-15-23-24(16-21)31-26(29-23)28-22-13-10-18(11-14-22)17-6-8-20(9-7-17)25(30)19-4-2-1-3-5-19;2-1(3)4/h6-16,19H,1-5H2,(H,28,29);(H2,2,3,4). The van der Waals surface area contributed by atoms with Gasteiger partial charge in [0, 0.05) is 22.2 Å². The summed E-state index contributed by atoms with van der Waals surface area (Å²) in [5.74, 6) is 0.520. The maximum Gasteiger partial charge on any atom is 0.503 e. The van der Waals surface area contributed by atoms with E-state index >= 15 is 0 Å². The van der Waals surface area contributed by atoms with Crippen LogP contribution in [0.3, 0.4) is 0 Å². The van der Waals surface area contributed by atoms with E-state index in [2.05, 4.69) is 46.7 Å². The fraction of sp³-hybridized carbons (Fsp3) is 0.222. The number of rotatable bonds is 5. The number of benzene rings is 3. The molecule has 3 N–H and O–H groups in total. The number of anilines is 2. The van der Waals surface area contributed by atoms with Gasteiger partial charge in [-0.25, -0.2) is 9.78 Å². The lowest BCUT2D eigenvalue weighted by Crippen LogP contribution is -2.17. The first-order valence-corrected chi connectivity index (χ1v) is 12.6. The molecule has 180 valence electrons. The van der Waals surface area contributed by atoms with Crippen LogP contribution in [0.2, 0.25) is 5.02 Å². The number of carbonyl (C=O) groups excluding carboxylic acids is 1. The highest BCUT2D eigenvalue weighted by Crippen LogP contribution is 2.31. The molecule has 0 radical (unpaired) electrons. The average Bonchev–Trinajstić information content (AvgIpc) is 3.26. The minimum Gasteiger partial charge on any atom is -0.450 e. The lowest BCUT2D eigenvalue weighted by molar-refractivity contribution is 0.0889. The second kappa shape index (κ2) is 11.3. The molecule has 0 aliphatic heterocycles. The van der Waals surface area contributed by atoms with Crippen molar-refractivity contribution in [1.29, 1.82) is 0 Å². The average molecular weight is 509 g/mol. The number of carbonyl (C=O) groups is 2. The Balaban J connectivity index is 0.000000672. The van der Waals surface area contributed by atoms with Crippen molar-refractivity contribution in [3.63, 3.8) is 0 Å². The third-order valence-electron chi connectivity index (χ3n) is 5.97. The molecule has 0 bridgehead atoms. The van der Waals surface area contributed by atoms with E-state index in [4.69, 9.17) is 26.6 Å². The maximum atomic E-state index is 12.7. The summed E-state index contributed by atoms with van der Waals surface area (Å²) in [6, 6.07) is 22.1. The highest BCUT2D eigenvalue weighted by molar-refractivity contribution is 7.22. The topological polar surface area (TPSA) is 99.5 Å². The summed E-state index contributed by atoms with van der Waals surface area (Å²) in [5.41, 5.74) is 5.00. The number of hydrogen-bond donors (Lipinski definition) is 3. The molecule has 0 saturated heterocycles. The van der Waals surface area contributed by atoms with E-state index in [1.54, 1.807) is 11.3 Å². The van der Waals surface area contributed by atoms with E-state index in [1.807, 2.05) is 30.3 Å². The zero-order valence-corrected chi connectivity index (χ0v) is 20.5. The van der Waals surface area contributed by atoms with E-state index in [0.29, 0.717) is 5.78 Å². The molecule has 0 amide bonds. The van der Waals surface area contributed by atoms with E-state index in [-0.39, 0.29) is 5.92 Å². The molecule has 1 aliphatic rings. The summed E-state index contributed by atoms with van der Waals surface area (Å²) in [6.07, 6.45) is 3.87. The molecular weight excluding hydrogens is 484 g/mol. The minimum absolute atomic E-state index is 0.212. The van der Waals surface area contributed by atoms with E-state index < -0.39 is 6.16 Å². The number of ketones is 1. The van der Waals surface area contributed by atoms with Gasteiger partial charge in [-0.1, -0.05) is 78.6 Å². The number of fused-ring (bicyclic) bond motifs is 1. The van der Waals surface area contributed by atoms with Crippen LogP contribution >= 0.6 is 22.9 Å². The first kappa shape index (κ1) is 24.7. The molecule has 1 fully saturated rings. The number of hydrogen-bond acceptors (Lipinski definition) is 5. The molecule has 5 rings (SSSR count). The van der Waals surface area contributed by atoms with Gasteiger partial charge in [0.05, 0.1) is 10.2 Å². The maximum absolute atomic E-state index is 12.7. The number of carboxylic acid groups (broad SMARTS) is 2. The number of nitrogens with zero attached hydrogens (tertiary/aromatic N) is 1. The van der Waals surface area contributed by atoms with Crippen LogP contribution in [0, 0.1) is 5.92 Å². The zero-order valence-electron chi connectivity index (χ0n) is 18.9. The van der Waals surface area contributed by atoms with Crippen molar-refractivity contribution in [2.75, 3.05) is 5.32 Å². The van der Waals surface area contributed by atoms with Crippen LogP contribution in [0.15, 0.2) is 66.7 Å². The lowest BCUT2D eigenvalue weighted by atomic mass is 9.83. The van der Waals surface area contributed by atoms with Gasteiger partial charge >= 0.3 is 6.16 Å². The highest BCUT2D eigenvalue weighted by atomic mass is 35.5. The van der Waals surface area contributed by atoms with Gasteiger partial charge in [0.15, 0.2) is 10.9 Å². The Kier molecular flexibility index (Phi) is 8.00. The van der Waals surface area contributed by atoms with Crippen molar-refractivity contribution in [3.05, 3.63) is 77.3 Å². The highest BCUT2D eigenvalue weighted by Gasteiger charge is 2.22. The van der Waals surface area contributed by atoms with Crippen LogP contribution in [0.1, 0.15) is 42.5 Å². The van der Waals surface area contributed by atoms with Gasteiger partial charge in [-0.15, -0.1) is 0 Å². The minimum atomic E-state index is -1.83. The van der Waals surface area contributed by atoms with Crippen molar-refractivity contribution in [2.24, 2.45) is 5.92 Å². The molecule has 1 saturated carbocycles. The summed E-state index contributed by atoms with van der Waals surface area (Å²) in [6.45, 7) is 0. The van der Waals surface area contributed by atoms with Crippen molar-refractivity contribution >= 4 is 55.9 Å². The van der Waals surface area contributed by atoms with Crippen molar-refractivity contribution < 1.29 is 19.8 Å². The quantitative estimate of drug-likeness (QED) is 0.234. The Labute approximate surface area is 212 Å². The smallest absolute Gasteiger partial charge is 0.450 e. The lowest BCUT2D eigenvalue weighted by Gasteiger charge is -2.20. The fourth-order valence-electron chi connectivity index (χ4n) is 4.25. The van der Waals surface area contributed by atoms with Crippen LogP contribution in [0.4, 0.5) is 15.6 Å². The molecule has 35 heavy (non-hydrogen) atoms. The van der Waals surface area contributed by atoms with E-state index in [9.17, 15) is 4.79 Å². The third-order valence-corrected chi connectivity index (χ3v) is 7.13. The molecule has 1 heterocycles. The summed E-state index contributed by atoms with van der Waals surface area (Å²) < 4.78 is 1.06. The number of halogens is 1. The fourth-order valence-corrected chi connectivity index (χ4v) is 5.41. The summed E-state index contributed by atoms with van der Waals surface area (Å²) >= 11 is 7.65. The van der Waals surface area contributed by atoms with Gasteiger partial charge in [-0.05, 0) is 54.3 Å². The molecule has 4 aromatic rings. The summed E-state index contributed by atoms with van der Waals surface area (Å²) in [7, 11) is 0. The Hall–Kier alpha value is -3.42. The van der Waals surface area contributed by atoms with Crippen molar-refractivity contribution in [2.45, 2.75) is 32.1 Å². The molecule has 0 unspecified atom stereocenters. The van der Waals surface area contributed by atoms with Gasteiger partial charge in [-0.3, -0.25) is 4.79 Å². The third kappa shape index (κ3) is 6.59. The Morgan fingerprint density at radius 1 is 0.886 bits per heavy atom. The number of nitrogens with one attached hydrogen (secondary N) is 1. The van der Waals surface area contributed by atoms with Crippen molar-refractivity contribution in [3.8, 4) is 11.1 Å². The van der Waals surface area contributed by atoms with Gasteiger partial charge < -0.3 is 15.5 Å². The number of aromatic nitrogens is 1.